The minimum absolute atomic E-state index is 0.0231. The highest BCUT2D eigenvalue weighted by Gasteiger charge is 2.30. The third kappa shape index (κ3) is 4.24. The molecule has 4 aromatic rings. The highest BCUT2D eigenvalue weighted by atomic mass is 19.1. The molecule has 4 rings (SSSR count). The fraction of sp³-hybridized carbons (Fsp3) is 0.111. The van der Waals surface area contributed by atoms with Crippen molar-refractivity contribution in [2.75, 3.05) is 5.32 Å². The zero-order valence-electron chi connectivity index (χ0n) is 18.5. The normalized spacial score (nSPS) is 11.0. The Bertz CT molecular complexity index is 1360. The monoisotopic (exact) mass is 462 g/mol. The lowest BCUT2D eigenvalue weighted by Crippen LogP contribution is -2.20. The molecule has 3 aromatic carbocycles. The Labute approximate surface area is 194 Å². The largest absolute Gasteiger partial charge is 0.331 e. The first-order valence-electron chi connectivity index (χ1n) is 10.6. The van der Waals surface area contributed by atoms with Crippen LogP contribution < -0.4 is 5.32 Å². The average Bonchev–Trinajstić information content (AvgIpc) is 3.17. The first-order chi connectivity index (χ1) is 16.3. The average molecular weight is 462 g/mol. The van der Waals surface area contributed by atoms with Gasteiger partial charge in [0.05, 0.1) is 11.4 Å². The van der Waals surface area contributed by atoms with E-state index in [-0.39, 0.29) is 23.1 Å². The van der Waals surface area contributed by atoms with E-state index in [9.17, 15) is 22.8 Å². The second kappa shape index (κ2) is 9.39. The lowest BCUT2D eigenvalue weighted by molar-refractivity contribution is 0.101. The number of carbonyl (C=O) groups excluding carboxylic acids is 2. The van der Waals surface area contributed by atoms with Gasteiger partial charge < -0.3 is 9.88 Å². The fourth-order valence-electron chi connectivity index (χ4n) is 4.03. The predicted molar refractivity (Wildman–Crippen MR) is 125 cm³/mol. The Kier molecular flexibility index (Phi) is 6.36. The van der Waals surface area contributed by atoms with Crippen molar-refractivity contribution in [1.82, 2.24) is 4.57 Å². The topological polar surface area (TPSA) is 51.1 Å². The van der Waals surface area contributed by atoms with Crippen molar-refractivity contribution in [3.63, 3.8) is 0 Å². The molecule has 0 saturated carbocycles. The molecule has 7 heteroatoms. The summed E-state index contributed by atoms with van der Waals surface area (Å²) in [6.07, 6.45) is 0.631. The van der Waals surface area contributed by atoms with Gasteiger partial charge in [0.25, 0.3) is 5.91 Å². The molecule has 0 saturated heterocycles. The number of amides is 1. The summed E-state index contributed by atoms with van der Waals surface area (Å²) in [5, 5.41) is 2.58. The number of carbonyl (C=O) groups is 2. The summed E-state index contributed by atoms with van der Waals surface area (Å²) in [7, 11) is 0. The maximum atomic E-state index is 14.3. The third-order valence-corrected chi connectivity index (χ3v) is 5.47. The van der Waals surface area contributed by atoms with Crippen LogP contribution >= 0.6 is 0 Å². The Morgan fingerprint density at radius 2 is 1.35 bits per heavy atom. The van der Waals surface area contributed by atoms with Crippen molar-refractivity contribution in [3.05, 3.63) is 102 Å². The molecule has 0 atom stereocenters. The van der Waals surface area contributed by atoms with Gasteiger partial charge in [0.15, 0.2) is 6.29 Å². The van der Waals surface area contributed by atoms with Gasteiger partial charge in [-0.15, -0.1) is 0 Å². The quantitative estimate of drug-likeness (QED) is 0.318. The molecule has 1 aromatic heterocycles. The highest BCUT2D eigenvalue weighted by Crippen LogP contribution is 2.41. The number of aromatic nitrogens is 1. The standard InChI is InChI=1S/C27H21F3N2O2/c1-16(2)32-23(15-33)24(17-7-11-19(28)12-8-17)25(18-9-13-20(29)14-10-18)26(32)27(34)31-22-6-4-3-5-21(22)30/h3-16H,1-2H3,(H,31,34). The number of nitrogens with zero attached hydrogens (tertiary/aromatic N) is 1. The second-order valence-electron chi connectivity index (χ2n) is 8.01. The van der Waals surface area contributed by atoms with Gasteiger partial charge in [0.1, 0.15) is 23.1 Å². The van der Waals surface area contributed by atoms with E-state index in [4.69, 9.17) is 0 Å². The van der Waals surface area contributed by atoms with Crippen LogP contribution in [0.15, 0.2) is 72.8 Å². The zero-order valence-corrected chi connectivity index (χ0v) is 18.5. The van der Waals surface area contributed by atoms with E-state index >= 15 is 0 Å². The van der Waals surface area contributed by atoms with Gasteiger partial charge in [-0.1, -0.05) is 36.4 Å². The molecule has 0 aliphatic heterocycles. The van der Waals surface area contributed by atoms with Crippen LogP contribution in [0.2, 0.25) is 0 Å². The van der Waals surface area contributed by atoms with Gasteiger partial charge in [-0.2, -0.15) is 0 Å². The molecular formula is C27H21F3N2O2. The van der Waals surface area contributed by atoms with Crippen LogP contribution in [0.4, 0.5) is 18.9 Å². The number of anilines is 1. The van der Waals surface area contributed by atoms with Crippen LogP contribution in [0.3, 0.4) is 0 Å². The van der Waals surface area contributed by atoms with E-state index in [1.165, 1.54) is 66.7 Å². The first-order valence-corrected chi connectivity index (χ1v) is 10.6. The van der Waals surface area contributed by atoms with E-state index in [1.54, 1.807) is 24.5 Å². The van der Waals surface area contributed by atoms with Crippen molar-refractivity contribution in [1.29, 1.82) is 0 Å². The van der Waals surface area contributed by atoms with Crippen molar-refractivity contribution in [2.45, 2.75) is 19.9 Å². The van der Waals surface area contributed by atoms with E-state index in [0.717, 1.165) is 0 Å². The van der Waals surface area contributed by atoms with Crippen molar-refractivity contribution >= 4 is 17.9 Å². The SMILES string of the molecule is CC(C)n1c(C=O)c(-c2ccc(F)cc2)c(-c2ccc(F)cc2)c1C(=O)Nc1ccccc1F. The summed E-state index contributed by atoms with van der Waals surface area (Å²) in [4.78, 5) is 25.9. The molecule has 0 aliphatic rings. The smallest absolute Gasteiger partial charge is 0.273 e. The summed E-state index contributed by atoms with van der Waals surface area (Å²) < 4.78 is 43.2. The molecule has 4 nitrogen and oxygen atoms in total. The minimum Gasteiger partial charge on any atom is -0.331 e. The Morgan fingerprint density at radius 3 is 1.85 bits per heavy atom. The number of nitrogens with one attached hydrogen (secondary N) is 1. The van der Waals surface area contributed by atoms with Gasteiger partial charge in [-0.3, -0.25) is 9.59 Å². The maximum Gasteiger partial charge on any atom is 0.273 e. The number of aldehydes is 1. The molecule has 0 bridgehead atoms. The van der Waals surface area contributed by atoms with E-state index < -0.39 is 23.4 Å². The minimum atomic E-state index is -0.644. The number of benzene rings is 3. The van der Waals surface area contributed by atoms with Gasteiger partial charge in [-0.05, 0) is 61.4 Å². The molecule has 0 radical (unpaired) electrons. The van der Waals surface area contributed by atoms with Crippen LogP contribution in [-0.4, -0.2) is 16.8 Å². The highest BCUT2D eigenvalue weighted by molar-refractivity contribution is 6.13. The summed E-state index contributed by atoms with van der Waals surface area (Å²) in [6, 6.07) is 16.4. The Morgan fingerprint density at radius 1 is 0.824 bits per heavy atom. The second-order valence-corrected chi connectivity index (χ2v) is 8.01. The van der Waals surface area contributed by atoms with Gasteiger partial charge in [0, 0.05) is 17.2 Å². The van der Waals surface area contributed by atoms with Crippen molar-refractivity contribution in [2.24, 2.45) is 0 Å². The van der Waals surface area contributed by atoms with Crippen LogP contribution in [0.25, 0.3) is 22.3 Å². The summed E-state index contributed by atoms with van der Waals surface area (Å²) in [5.41, 5.74) is 2.00. The van der Waals surface area contributed by atoms with Gasteiger partial charge in [0.2, 0.25) is 0 Å². The number of halogens is 3. The van der Waals surface area contributed by atoms with E-state index in [2.05, 4.69) is 5.32 Å². The maximum absolute atomic E-state index is 14.3. The molecule has 1 heterocycles. The Balaban J connectivity index is 2.04. The summed E-state index contributed by atoms with van der Waals surface area (Å²) in [6.45, 7) is 3.60. The molecule has 34 heavy (non-hydrogen) atoms. The van der Waals surface area contributed by atoms with Gasteiger partial charge >= 0.3 is 0 Å². The van der Waals surface area contributed by atoms with Crippen molar-refractivity contribution in [3.8, 4) is 22.3 Å². The molecule has 1 amide bonds. The lowest BCUT2D eigenvalue weighted by Gasteiger charge is -2.16. The zero-order chi connectivity index (χ0) is 24.4. The summed E-state index contributed by atoms with van der Waals surface area (Å²) in [5.74, 6) is -2.19. The molecular weight excluding hydrogens is 441 g/mol. The molecule has 0 spiro atoms. The fourth-order valence-corrected chi connectivity index (χ4v) is 4.03. The predicted octanol–water partition coefficient (Wildman–Crippen LogP) is 6.89. The van der Waals surface area contributed by atoms with Crippen LogP contribution in [0.5, 0.6) is 0 Å². The molecule has 0 fully saturated rings. The lowest BCUT2D eigenvalue weighted by atomic mass is 9.94. The van der Waals surface area contributed by atoms with Gasteiger partial charge in [-0.25, -0.2) is 13.2 Å². The molecule has 0 aliphatic carbocycles. The molecule has 0 unspecified atom stereocenters. The van der Waals surface area contributed by atoms with Crippen molar-refractivity contribution < 1.29 is 22.8 Å². The number of hydrogen-bond donors (Lipinski definition) is 1. The van der Waals surface area contributed by atoms with Crippen LogP contribution in [0, 0.1) is 17.5 Å². The molecule has 172 valence electrons. The van der Waals surface area contributed by atoms with E-state index in [1.807, 2.05) is 0 Å². The number of rotatable bonds is 6. The van der Waals surface area contributed by atoms with E-state index in [0.29, 0.717) is 28.5 Å². The molecule has 1 N–H and O–H groups in total. The number of para-hydroxylation sites is 1. The van der Waals surface area contributed by atoms with Crippen LogP contribution in [-0.2, 0) is 0 Å². The number of hydrogen-bond acceptors (Lipinski definition) is 2. The summed E-state index contributed by atoms with van der Waals surface area (Å²) >= 11 is 0. The van der Waals surface area contributed by atoms with Crippen LogP contribution in [0.1, 0.15) is 40.9 Å². The third-order valence-electron chi connectivity index (χ3n) is 5.47. The Hall–Kier alpha value is -4.13. The first kappa shape index (κ1) is 23.0.